The molecular formula is C17H15IN4OS2. The van der Waals surface area contributed by atoms with Crippen molar-refractivity contribution in [1.82, 2.24) is 10.2 Å². The van der Waals surface area contributed by atoms with Crippen LogP contribution in [0.4, 0.5) is 16.5 Å². The van der Waals surface area contributed by atoms with Crippen molar-refractivity contribution < 1.29 is 4.79 Å². The summed E-state index contributed by atoms with van der Waals surface area (Å²) in [6, 6.07) is 15.8. The van der Waals surface area contributed by atoms with Crippen LogP contribution in [0.3, 0.4) is 0 Å². The van der Waals surface area contributed by atoms with Crippen LogP contribution in [0, 0.1) is 10.5 Å². The molecule has 2 aromatic carbocycles. The number of nitrogens with one attached hydrogen (secondary N) is 2. The first kappa shape index (κ1) is 18.2. The number of hydrogen-bond donors (Lipinski definition) is 2. The molecule has 8 heteroatoms. The van der Waals surface area contributed by atoms with Gasteiger partial charge in [0.1, 0.15) is 0 Å². The summed E-state index contributed by atoms with van der Waals surface area (Å²) in [6.45, 7) is 2.05. The van der Waals surface area contributed by atoms with Crippen molar-refractivity contribution in [1.29, 1.82) is 0 Å². The topological polar surface area (TPSA) is 66.9 Å². The number of nitrogens with zero attached hydrogens (tertiary/aromatic N) is 2. The van der Waals surface area contributed by atoms with Crippen molar-refractivity contribution in [3.05, 3.63) is 57.7 Å². The zero-order chi connectivity index (χ0) is 17.6. The minimum atomic E-state index is -0.0600. The van der Waals surface area contributed by atoms with E-state index in [4.69, 9.17) is 0 Å². The third-order valence-electron chi connectivity index (χ3n) is 3.14. The van der Waals surface area contributed by atoms with Gasteiger partial charge in [0, 0.05) is 14.9 Å². The average molecular weight is 482 g/mol. The maximum Gasteiger partial charge on any atom is 0.234 e. The Hall–Kier alpha value is -1.65. The van der Waals surface area contributed by atoms with Crippen LogP contribution in [0.5, 0.6) is 0 Å². The number of aryl methyl sites for hydroxylation is 1. The van der Waals surface area contributed by atoms with Gasteiger partial charge in [-0.15, -0.1) is 10.2 Å². The number of carbonyl (C=O) groups is 1. The zero-order valence-corrected chi connectivity index (χ0v) is 17.1. The monoisotopic (exact) mass is 482 g/mol. The molecule has 1 amide bonds. The molecule has 3 aromatic rings. The Morgan fingerprint density at radius 2 is 1.96 bits per heavy atom. The fourth-order valence-corrected chi connectivity index (χ4v) is 4.08. The van der Waals surface area contributed by atoms with Crippen LogP contribution in [-0.4, -0.2) is 21.9 Å². The van der Waals surface area contributed by atoms with Gasteiger partial charge in [-0.2, -0.15) is 0 Å². The van der Waals surface area contributed by atoms with Crippen molar-refractivity contribution in [3.8, 4) is 0 Å². The van der Waals surface area contributed by atoms with E-state index in [1.165, 1.54) is 28.7 Å². The molecule has 0 saturated heterocycles. The van der Waals surface area contributed by atoms with E-state index in [1.807, 2.05) is 55.5 Å². The number of benzene rings is 2. The minimum absolute atomic E-state index is 0.0600. The molecule has 2 N–H and O–H groups in total. The Bertz CT molecular complexity index is 867. The lowest BCUT2D eigenvalue weighted by molar-refractivity contribution is -0.113. The molecule has 0 radical (unpaired) electrons. The van der Waals surface area contributed by atoms with Crippen LogP contribution in [-0.2, 0) is 4.79 Å². The van der Waals surface area contributed by atoms with Gasteiger partial charge in [0.25, 0.3) is 0 Å². The second kappa shape index (κ2) is 8.63. The second-order valence-electron chi connectivity index (χ2n) is 5.21. The average Bonchev–Trinajstić information content (AvgIpc) is 3.03. The summed E-state index contributed by atoms with van der Waals surface area (Å²) < 4.78 is 1.84. The number of anilines is 3. The highest BCUT2D eigenvalue weighted by atomic mass is 127. The molecule has 0 aliphatic carbocycles. The summed E-state index contributed by atoms with van der Waals surface area (Å²) in [6.07, 6.45) is 0. The third kappa shape index (κ3) is 5.68. The smallest absolute Gasteiger partial charge is 0.234 e. The molecule has 0 unspecified atom stereocenters. The van der Waals surface area contributed by atoms with Crippen LogP contribution in [0.2, 0.25) is 0 Å². The first-order valence-electron chi connectivity index (χ1n) is 7.44. The number of halogens is 1. The van der Waals surface area contributed by atoms with Gasteiger partial charge in [0.05, 0.1) is 5.75 Å². The number of amides is 1. The van der Waals surface area contributed by atoms with E-state index in [1.54, 1.807) is 0 Å². The molecular weight excluding hydrogens is 467 g/mol. The Balaban J connectivity index is 1.51. The van der Waals surface area contributed by atoms with Crippen LogP contribution in [0.25, 0.3) is 0 Å². The molecule has 0 bridgehead atoms. The zero-order valence-electron chi connectivity index (χ0n) is 13.3. The maximum absolute atomic E-state index is 12.0. The first-order valence-corrected chi connectivity index (χ1v) is 10.3. The van der Waals surface area contributed by atoms with Crippen molar-refractivity contribution in [2.24, 2.45) is 0 Å². The van der Waals surface area contributed by atoms with Crippen molar-refractivity contribution in [2.75, 3.05) is 16.4 Å². The normalized spacial score (nSPS) is 10.5. The molecule has 0 aliphatic heterocycles. The van der Waals surface area contributed by atoms with E-state index in [9.17, 15) is 4.79 Å². The molecule has 0 spiro atoms. The lowest BCUT2D eigenvalue weighted by Crippen LogP contribution is -2.13. The number of rotatable bonds is 6. The summed E-state index contributed by atoms with van der Waals surface area (Å²) in [5.74, 6) is 0.236. The second-order valence-corrected chi connectivity index (χ2v) is 8.66. The largest absolute Gasteiger partial charge is 0.330 e. The molecule has 1 aromatic heterocycles. The van der Waals surface area contributed by atoms with Gasteiger partial charge in [0.15, 0.2) is 4.34 Å². The van der Waals surface area contributed by atoms with Gasteiger partial charge < -0.3 is 10.6 Å². The van der Waals surface area contributed by atoms with E-state index in [2.05, 4.69) is 43.4 Å². The molecule has 0 aliphatic rings. The van der Waals surface area contributed by atoms with Gasteiger partial charge in [0.2, 0.25) is 11.0 Å². The lowest BCUT2D eigenvalue weighted by Gasteiger charge is -2.04. The van der Waals surface area contributed by atoms with Crippen LogP contribution >= 0.6 is 45.7 Å². The molecule has 3 rings (SSSR count). The van der Waals surface area contributed by atoms with Gasteiger partial charge in [-0.05, 0) is 59.8 Å². The van der Waals surface area contributed by atoms with Gasteiger partial charge >= 0.3 is 0 Å². The summed E-state index contributed by atoms with van der Waals surface area (Å²) in [5.41, 5.74) is 2.98. The Labute approximate surface area is 167 Å². The summed E-state index contributed by atoms with van der Waals surface area (Å²) in [5, 5.41) is 15.0. The van der Waals surface area contributed by atoms with E-state index in [0.29, 0.717) is 10.9 Å². The molecule has 1 heterocycles. The first-order chi connectivity index (χ1) is 12.1. The van der Waals surface area contributed by atoms with Gasteiger partial charge in [-0.1, -0.05) is 46.9 Å². The molecule has 5 nitrogen and oxygen atoms in total. The maximum atomic E-state index is 12.0. The number of hydrogen-bond acceptors (Lipinski definition) is 6. The van der Waals surface area contributed by atoms with E-state index in [-0.39, 0.29) is 5.91 Å². The predicted octanol–water partition coefficient (Wildman–Crippen LogP) is 4.93. The lowest BCUT2D eigenvalue weighted by atomic mass is 10.2. The van der Waals surface area contributed by atoms with Crippen LogP contribution < -0.4 is 10.6 Å². The van der Waals surface area contributed by atoms with E-state index in [0.717, 1.165) is 19.3 Å². The SMILES string of the molecule is Cc1ccc(Nc2nnc(SCC(=O)Nc3cccc(I)c3)s2)cc1. The fraction of sp³-hybridized carbons (Fsp3) is 0.118. The minimum Gasteiger partial charge on any atom is -0.330 e. The number of carbonyl (C=O) groups excluding carboxylic acids is 1. The summed E-state index contributed by atoms with van der Waals surface area (Å²) >= 11 is 5.02. The van der Waals surface area contributed by atoms with Crippen LogP contribution in [0.15, 0.2) is 52.9 Å². The van der Waals surface area contributed by atoms with Crippen molar-refractivity contribution in [3.63, 3.8) is 0 Å². The van der Waals surface area contributed by atoms with E-state index >= 15 is 0 Å². The molecule has 25 heavy (non-hydrogen) atoms. The standard InChI is InChI=1S/C17H15IN4OS2/c1-11-5-7-13(8-6-11)20-16-21-22-17(25-16)24-10-15(23)19-14-4-2-3-12(18)9-14/h2-9H,10H2,1H3,(H,19,23)(H,20,21). The van der Waals surface area contributed by atoms with E-state index < -0.39 is 0 Å². The quantitative estimate of drug-likeness (QED) is 0.386. The highest BCUT2D eigenvalue weighted by molar-refractivity contribution is 14.1. The van der Waals surface area contributed by atoms with Crippen LogP contribution in [0.1, 0.15) is 5.56 Å². The predicted molar refractivity (Wildman–Crippen MR) is 113 cm³/mol. The molecule has 0 atom stereocenters. The third-order valence-corrected chi connectivity index (χ3v) is 5.79. The summed E-state index contributed by atoms with van der Waals surface area (Å²) in [4.78, 5) is 12.0. The molecule has 128 valence electrons. The van der Waals surface area contributed by atoms with Crippen molar-refractivity contribution >= 4 is 68.1 Å². The molecule has 0 fully saturated rings. The number of thioether (sulfide) groups is 1. The Morgan fingerprint density at radius 1 is 1.16 bits per heavy atom. The highest BCUT2D eigenvalue weighted by Gasteiger charge is 2.09. The fourth-order valence-electron chi connectivity index (χ4n) is 1.97. The molecule has 0 saturated carbocycles. The Kier molecular flexibility index (Phi) is 6.27. The summed E-state index contributed by atoms with van der Waals surface area (Å²) in [7, 11) is 0. The Morgan fingerprint density at radius 3 is 2.72 bits per heavy atom. The number of aromatic nitrogens is 2. The van der Waals surface area contributed by atoms with Gasteiger partial charge in [-0.25, -0.2) is 0 Å². The highest BCUT2D eigenvalue weighted by Crippen LogP contribution is 2.27. The van der Waals surface area contributed by atoms with Crippen molar-refractivity contribution in [2.45, 2.75) is 11.3 Å². The van der Waals surface area contributed by atoms with Gasteiger partial charge in [-0.3, -0.25) is 4.79 Å².